The molecule has 0 bridgehead atoms. The zero-order valence-corrected chi connectivity index (χ0v) is 11.5. The summed E-state index contributed by atoms with van der Waals surface area (Å²) in [5.74, 6) is -3.37. The predicted molar refractivity (Wildman–Crippen MR) is 73.3 cm³/mol. The van der Waals surface area contributed by atoms with Crippen LogP contribution in [0.4, 0.5) is 13.2 Å². The van der Waals surface area contributed by atoms with Crippen LogP contribution in [0.15, 0.2) is 17.1 Å². The first-order valence-corrected chi connectivity index (χ1v) is 5.62. The van der Waals surface area contributed by atoms with E-state index in [0.717, 1.165) is 6.07 Å². The van der Waals surface area contributed by atoms with E-state index in [2.05, 4.69) is 4.99 Å². The molecule has 0 atom stereocenters. The van der Waals surface area contributed by atoms with Crippen LogP contribution in [-0.2, 0) is 11.2 Å². The number of aliphatic imine (C=N–C) groups is 1. The van der Waals surface area contributed by atoms with Crippen LogP contribution in [-0.4, -0.2) is 37.2 Å². The van der Waals surface area contributed by atoms with Crippen LogP contribution in [0.1, 0.15) is 5.56 Å². The number of nitrogens with one attached hydrogen (secondary N) is 1. The molecule has 0 aliphatic heterocycles. The highest BCUT2D eigenvalue weighted by Crippen LogP contribution is 2.15. The standard InChI is InChI=1S/C8H5F3O.C4H11N5/c9-6-1-2-7(10)8(11)5(6)3-4-12;1-9(2)4(7)8-3(5)6/h1-2,4H,3H2;1-2H3,(H5,5,6,7,8). The van der Waals surface area contributed by atoms with Crippen LogP contribution in [0.5, 0.6) is 0 Å². The lowest BCUT2D eigenvalue weighted by Crippen LogP contribution is -2.28. The predicted octanol–water partition coefficient (Wildman–Crippen LogP) is 0.601. The van der Waals surface area contributed by atoms with Gasteiger partial charge in [0.05, 0.1) is 0 Å². The summed E-state index contributed by atoms with van der Waals surface area (Å²) in [7, 11) is 3.38. The fourth-order valence-electron chi connectivity index (χ4n) is 1.06. The number of nitrogens with two attached hydrogens (primary N) is 2. The molecule has 0 aliphatic rings. The molecule has 0 unspecified atom stereocenters. The Bertz CT molecular complexity index is 542. The zero-order valence-electron chi connectivity index (χ0n) is 11.5. The number of nitrogens with zero attached hydrogens (tertiary/aromatic N) is 2. The Morgan fingerprint density at radius 2 is 1.81 bits per heavy atom. The molecule has 21 heavy (non-hydrogen) atoms. The average Bonchev–Trinajstić information content (AvgIpc) is 2.39. The Morgan fingerprint density at radius 1 is 1.29 bits per heavy atom. The summed E-state index contributed by atoms with van der Waals surface area (Å²) in [5, 5.41) is 7.05. The first-order valence-electron chi connectivity index (χ1n) is 5.62. The number of halogens is 3. The van der Waals surface area contributed by atoms with E-state index in [9.17, 15) is 18.0 Å². The van der Waals surface area contributed by atoms with Gasteiger partial charge >= 0.3 is 0 Å². The number of carbonyl (C=O) groups excluding carboxylic acids is 1. The lowest BCUT2D eigenvalue weighted by atomic mass is 10.1. The first kappa shape index (κ1) is 18.4. The molecule has 0 amide bonds. The van der Waals surface area contributed by atoms with Crippen LogP contribution < -0.4 is 11.5 Å². The van der Waals surface area contributed by atoms with Crippen molar-refractivity contribution in [3.8, 4) is 0 Å². The second-order valence-electron chi connectivity index (χ2n) is 3.95. The molecule has 5 N–H and O–H groups in total. The van der Waals surface area contributed by atoms with E-state index in [1.165, 1.54) is 4.90 Å². The highest BCUT2D eigenvalue weighted by atomic mass is 19.2. The lowest BCUT2D eigenvalue weighted by molar-refractivity contribution is -0.107. The van der Waals surface area contributed by atoms with Gasteiger partial charge in [-0.05, 0) is 12.1 Å². The first-order chi connectivity index (χ1) is 9.70. The molecule has 1 rings (SSSR count). The minimum absolute atomic E-state index is 0.0509. The van der Waals surface area contributed by atoms with Crippen LogP contribution in [0.2, 0.25) is 0 Å². The van der Waals surface area contributed by atoms with Gasteiger partial charge in [0.2, 0.25) is 5.96 Å². The molecule has 1 aromatic carbocycles. The lowest BCUT2D eigenvalue weighted by Gasteiger charge is -2.07. The van der Waals surface area contributed by atoms with E-state index in [1.54, 1.807) is 14.1 Å². The quantitative estimate of drug-likeness (QED) is 0.322. The van der Waals surface area contributed by atoms with Gasteiger partial charge < -0.3 is 21.2 Å². The normalized spacial score (nSPS) is 9.19. The number of hydrogen-bond donors (Lipinski definition) is 3. The molecule has 0 heterocycles. The maximum atomic E-state index is 12.7. The molecule has 0 aromatic heterocycles. The maximum absolute atomic E-state index is 12.7. The summed E-state index contributed by atoms with van der Waals surface area (Å²) in [6.45, 7) is 0. The molecule has 0 fully saturated rings. The number of hydrogen-bond acceptors (Lipinski definition) is 2. The molecule has 0 saturated carbocycles. The zero-order chi connectivity index (χ0) is 16.6. The monoisotopic (exact) mass is 303 g/mol. The summed E-state index contributed by atoms with van der Waals surface area (Å²) in [6, 6.07) is 1.47. The summed E-state index contributed by atoms with van der Waals surface area (Å²) in [6.07, 6.45) is -0.129. The Labute approximate surface area is 119 Å². The second kappa shape index (κ2) is 8.56. The fourth-order valence-corrected chi connectivity index (χ4v) is 1.06. The number of rotatable bonds is 2. The number of aldehydes is 1. The van der Waals surface area contributed by atoms with Gasteiger partial charge in [-0.15, -0.1) is 0 Å². The van der Waals surface area contributed by atoms with Gasteiger partial charge in [0.25, 0.3) is 0 Å². The van der Waals surface area contributed by atoms with Crippen molar-refractivity contribution in [2.24, 2.45) is 16.5 Å². The van der Waals surface area contributed by atoms with Gasteiger partial charge in [-0.2, -0.15) is 4.99 Å². The van der Waals surface area contributed by atoms with E-state index in [0.29, 0.717) is 12.4 Å². The van der Waals surface area contributed by atoms with Crippen molar-refractivity contribution < 1.29 is 18.0 Å². The Morgan fingerprint density at radius 3 is 2.19 bits per heavy atom. The summed E-state index contributed by atoms with van der Waals surface area (Å²) >= 11 is 0. The van der Waals surface area contributed by atoms with Crippen LogP contribution in [0.3, 0.4) is 0 Å². The van der Waals surface area contributed by atoms with E-state index < -0.39 is 29.4 Å². The van der Waals surface area contributed by atoms with Gasteiger partial charge in [0, 0.05) is 26.1 Å². The summed E-state index contributed by atoms with van der Waals surface area (Å²) in [4.78, 5) is 14.9. The second-order valence-corrected chi connectivity index (χ2v) is 3.95. The van der Waals surface area contributed by atoms with Crippen molar-refractivity contribution in [1.82, 2.24) is 4.90 Å². The van der Waals surface area contributed by atoms with Crippen molar-refractivity contribution in [3.05, 3.63) is 35.1 Å². The SMILES string of the molecule is CN(C)C(=N)N=C(N)N.O=CCc1c(F)ccc(F)c1F. The van der Waals surface area contributed by atoms with Crippen molar-refractivity contribution in [2.75, 3.05) is 14.1 Å². The molecule has 6 nitrogen and oxygen atoms in total. The van der Waals surface area contributed by atoms with Crippen LogP contribution >= 0.6 is 0 Å². The molecular formula is C12H16F3N5O. The maximum Gasteiger partial charge on any atom is 0.220 e. The Balaban J connectivity index is 0.000000400. The number of benzene rings is 1. The number of guanidine groups is 2. The molecule has 0 aliphatic carbocycles. The van der Waals surface area contributed by atoms with Crippen LogP contribution in [0, 0.1) is 22.9 Å². The van der Waals surface area contributed by atoms with E-state index in [4.69, 9.17) is 16.9 Å². The smallest absolute Gasteiger partial charge is 0.220 e. The van der Waals surface area contributed by atoms with E-state index in [1.807, 2.05) is 0 Å². The molecule has 0 saturated heterocycles. The van der Waals surface area contributed by atoms with Crippen molar-refractivity contribution in [3.63, 3.8) is 0 Å². The number of carbonyl (C=O) groups is 1. The average molecular weight is 303 g/mol. The summed E-state index contributed by atoms with van der Waals surface area (Å²) < 4.78 is 37.8. The molecular weight excluding hydrogens is 287 g/mol. The topological polar surface area (TPSA) is 109 Å². The van der Waals surface area contributed by atoms with Crippen LogP contribution in [0.25, 0.3) is 0 Å². The minimum Gasteiger partial charge on any atom is -0.370 e. The van der Waals surface area contributed by atoms with Crippen molar-refractivity contribution in [1.29, 1.82) is 5.41 Å². The third kappa shape index (κ3) is 6.41. The highest BCUT2D eigenvalue weighted by molar-refractivity contribution is 5.91. The highest BCUT2D eigenvalue weighted by Gasteiger charge is 2.12. The molecule has 116 valence electrons. The van der Waals surface area contributed by atoms with Gasteiger partial charge in [-0.25, -0.2) is 13.2 Å². The molecule has 9 heteroatoms. The van der Waals surface area contributed by atoms with Gasteiger partial charge in [-0.3, -0.25) is 5.41 Å². The van der Waals surface area contributed by atoms with E-state index in [-0.39, 0.29) is 11.9 Å². The van der Waals surface area contributed by atoms with E-state index >= 15 is 0 Å². The summed E-state index contributed by atoms with van der Waals surface area (Å²) in [5.41, 5.74) is 9.46. The third-order valence-electron chi connectivity index (χ3n) is 2.08. The van der Waals surface area contributed by atoms with Gasteiger partial charge in [0.1, 0.15) is 12.1 Å². The van der Waals surface area contributed by atoms with Gasteiger partial charge in [-0.1, -0.05) is 0 Å². The largest absolute Gasteiger partial charge is 0.370 e. The van der Waals surface area contributed by atoms with Crippen molar-refractivity contribution >= 4 is 18.2 Å². The van der Waals surface area contributed by atoms with Gasteiger partial charge in [0.15, 0.2) is 17.6 Å². The van der Waals surface area contributed by atoms with Crippen molar-refractivity contribution in [2.45, 2.75) is 6.42 Å². The third-order valence-corrected chi connectivity index (χ3v) is 2.08. The molecule has 0 radical (unpaired) electrons. The molecule has 0 spiro atoms. The minimum atomic E-state index is -1.29. The fraction of sp³-hybridized carbons (Fsp3) is 0.250. The Hall–Kier alpha value is -2.58. The Kier molecular flexibility index (Phi) is 7.51. The molecule has 1 aromatic rings.